The molecule has 7 aromatic carbocycles. The van der Waals surface area contributed by atoms with E-state index in [1.807, 2.05) is 82.2 Å². The quantitative estimate of drug-likeness (QED) is 0.0662. The molecule has 0 saturated heterocycles. The molecule has 0 aliphatic rings. The molecule has 0 spiro atoms. The number of benzene rings is 7. The maximum absolute atomic E-state index is 13.0. The second kappa shape index (κ2) is 17.5. The SMILES string of the molecule is Cc1c(NC(=O)NS(=O)(=O)c2ccc(NC(=O)Nc3cccc4ccccc34)cc2)cccc1NC(=O)NS(=O)(=O)c1ccc(NC(=O)Nc2cccc3ccccc23)cc1. The van der Waals surface area contributed by atoms with Gasteiger partial charge in [0, 0.05) is 33.5 Å². The van der Waals surface area contributed by atoms with Crippen molar-refractivity contribution in [3.63, 3.8) is 0 Å². The molecule has 16 nitrogen and oxygen atoms in total. The number of carbonyl (C=O) groups excluding carboxylic acids is 4. The van der Waals surface area contributed by atoms with Crippen molar-refractivity contribution in [3.8, 4) is 0 Å². The van der Waals surface area contributed by atoms with Gasteiger partial charge in [0.15, 0.2) is 0 Å². The predicted molar refractivity (Wildman–Crippen MR) is 236 cm³/mol. The van der Waals surface area contributed by atoms with Crippen LogP contribution in [0.5, 0.6) is 0 Å². The summed E-state index contributed by atoms with van der Waals surface area (Å²) < 4.78 is 56.0. The minimum atomic E-state index is -4.38. The van der Waals surface area contributed by atoms with Crippen LogP contribution in [-0.2, 0) is 20.0 Å². The van der Waals surface area contributed by atoms with Gasteiger partial charge in [-0.1, -0.05) is 78.9 Å². The van der Waals surface area contributed by atoms with Gasteiger partial charge in [0.25, 0.3) is 20.0 Å². The van der Waals surface area contributed by atoms with E-state index in [0.717, 1.165) is 21.5 Å². The van der Waals surface area contributed by atoms with Crippen LogP contribution in [-0.4, -0.2) is 41.0 Å². The highest BCUT2D eigenvalue weighted by molar-refractivity contribution is 7.90. The van der Waals surface area contributed by atoms with Crippen LogP contribution >= 0.6 is 0 Å². The van der Waals surface area contributed by atoms with Gasteiger partial charge in [-0.15, -0.1) is 0 Å². The summed E-state index contributed by atoms with van der Waals surface area (Å²) in [5, 5.41) is 19.3. The van der Waals surface area contributed by atoms with Crippen LogP contribution in [0.2, 0.25) is 0 Å². The number of carbonyl (C=O) groups is 4. The zero-order valence-corrected chi connectivity index (χ0v) is 33.6. The number of hydrogen-bond acceptors (Lipinski definition) is 8. The minimum absolute atomic E-state index is 0.109. The molecule has 18 heteroatoms. The maximum atomic E-state index is 13.0. The molecule has 0 unspecified atom stereocenters. The Hall–Kier alpha value is -7.96. The molecular weight excluding hydrogens is 821 g/mol. The number of anilines is 6. The maximum Gasteiger partial charge on any atom is 0.333 e. The van der Waals surface area contributed by atoms with Crippen molar-refractivity contribution < 1.29 is 36.0 Å². The summed E-state index contributed by atoms with van der Waals surface area (Å²) in [6, 6.07) is 37.4. The van der Waals surface area contributed by atoms with Crippen molar-refractivity contribution in [1.29, 1.82) is 0 Å². The summed E-state index contributed by atoms with van der Waals surface area (Å²) in [4.78, 5) is 50.6. The van der Waals surface area contributed by atoms with Crippen molar-refractivity contribution in [3.05, 3.63) is 157 Å². The Balaban J connectivity index is 0.906. The van der Waals surface area contributed by atoms with E-state index in [4.69, 9.17) is 0 Å². The first-order chi connectivity index (χ1) is 29.2. The largest absolute Gasteiger partial charge is 0.333 e. The first-order valence-electron chi connectivity index (χ1n) is 18.3. The smallest absolute Gasteiger partial charge is 0.308 e. The van der Waals surface area contributed by atoms with Crippen molar-refractivity contribution in [2.24, 2.45) is 0 Å². The lowest BCUT2D eigenvalue weighted by Gasteiger charge is -2.15. The van der Waals surface area contributed by atoms with Crippen LogP contribution in [0.3, 0.4) is 0 Å². The van der Waals surface area contributed by atoms with Gasteiger partial charge in [-0.3, -0.25) is 0 Å². The van der Waals surface area contributed by atoms with E-state index in [9.17, 15) is 36.0 Å². The second-order valence-electron chi connectivity index (χ2n) is 13.4. The Morgan fingerprint density at radius 1 is 0.361 bits per heavy atom. The highest BCUT2D eigenvalue weighted by Crippen LogP contribution is 2.26. The Morgan fingerprint density at radius 3 is 1.10 bits per heavy atom. The van der Waals surface area contributed by atoms with Gasteiger partial charge in [-0.2, -0.15) is 0 Å². The third-order valence-corrected chi connectivity index (χ3v) is 11.9. The van der Waals surface area contributed by atoms with Gasteiger partial charge in [0.2, 0.25) is 0 Å². The van der Waals surface area contributed by atoms with E-state index in [0.29, 0.717) is 22.7 Å². The van der Waals surface area contributed by atoms with Crippen molar-refractivity contribution in [2.45, 2.75) is 16.7 Å². The summed E-state index contributed by atoms with van der Waals surface area (Å²) in [5.74, 6) is 0. The molecule has 0 atom stereocenters. The third-order valence-electron chi connectivity index (χ3n) is 9.20. The highest BCUT2D eigenvalue weighted by atomic mass is 32.2. The van der Waals surface area contributed by atoms with Crippen molar-refractivity contribution in [1.82, 2.24) is 9.44 Å². The van der Waals surface area contributed by atoms with Crippen LogP contribution in [0.1, 0.15) is 5.56 Å². The molecule has 0 saturated carbocycles. The molecule has 308 valence electrons. The Kier molecular flexibility index (Phi) is 11.8. The fraction of sp³-hybridized carbons (Fsp3) is 0.0233. The fourth-order valence-electron chi connectivity index (χ4n) is 6.24. The van der Waals surface area contributed by atoms with Gasteiger partial charge < -0.3 is 31.9 Å². The molecular formula is C43H36N8O8S2. The zero-order chi connectivity index (χ0) is 43.1. The third kappa shape index (κ3) is 10.0. The van der Waals surface area contributed by atoms with Crippen molar-refractivity contribution in [2.75, 3.05) is 31.9 Å². The van der Waals surface area contributed by atoms with Crippen LogP contribution < -0.4 is 41.3 Å². The predicted octanol–water partition coefficient (Wildman–Crippen LogP) is 8.61. The lowest BCUT2D eigenvalue weighted by Crippen LogP contribution is -2.35. The van der Waals surface area contributed by atoms with Crippen molar-refractivity contribution >= 4 is 99.8 Å². The number of hydrogen-bond donors (Lipinski definition) is 8. The second-order valence-corrected chi connectivity index (χ2v) is 16.7. The average molecular weight is 857 g/mol. The number of amides is 8. The van der Waals surface area contributed by atoms with E-state index in [2.05, 4.69) is 31.9 Å². The Morgan fingerprint density at radius 2 is 0.689 bits per heavy atom. The van der Waals surface area contributed by atoms with Gasteiger partial charge >= 0.3 is 24.1 Å². The van der Waals surface area contributed by atoms with E-state index in [1.54, 1.807) is 12.1 Å². The number of rotatable bonds is 10. The van der Waals surface area contributed by atoms with Gasteiger partial charge in [-0.25, -0.2) is 45.5 Å². The van der Waals surface area contributed by atoms with E-state index < -0.39 is 44.2 Å². The van der Waals surface area contributed by atoms with Gasteiger partial charge in [0.05, 0.1) is 21.2 Å². The van der Waals surface area contributed by atoms with Gasteiger partial charge in [-0.05, 0) is 96.1 Å². The standard InChI is InChI=1S/C43H36N8O8S2/c1-27-36(46-42(54)50-60(56,57)32-23-19-30(20-24-32)44-40(52)48-38-17-6-11-28-9-2-4-13-34(28)38)15-8-16-37(27)47-43(55)51-61(58,59)33-25-21-31(22-26-33)45-41(53)49-39-18-7-12-29-10-3-5-14-35(29)39/h2-26H,1H3,(H2,44,48,52)(H2,45,49,53)(H2,46,50,54)(H2,47,51,55). The molecule has 61 heavy (non-hydrogen) atoms. The first-order valence-corrected chi connectivity index (χ1v) is 21.3. The van der Waals surface area contributed by atoms with E-state index >= 15 is 0 Å². The van der Waals surface area contributed by atoms with E-state index in [-0.39, 0.29) is 26.7 Å². The number of fused-ring (bicyclic) bond motifs is 2. The molecule has 7 rings (SSSR count). The summed E-state index contributed by atoms with van der Waals surface area (Å²) in [6.45, 7) is 1.51. The lowest BCUT2D eigenvalue weighted by molar-refractivity contribution is 0.255. The zero-order valence-electron chi connectivity index (χ0n) is 32.0. The lowest BCUT2D eigenvalue weighted by atomic mass is 10.1. The number of nitrogens with one attached hydrogen (secondary N) is 8. The molecule has 0 aliphatic carbocycles. The highest BCUT2D eigenvalue weighted by Gasteiger charge is 2.21. The summed E-state index contributed by atoms with van der Waals surface area (Å²) >= 11 is 0. The van der Waals surface area contributed by atoms with Crippen LogP contribution in [0.4, 0.5) is 53.3 Å². The molecule has 7 aromatic rings. The summed E-state index contributed by atoms with van der Waals surface area (Å²) in [6.07, 6.45) is 0. The number of urea groups is 4. The topological polar surface area (TPSA) is 233 Å². The average Bonchev–Trinajstić information content (AvgIpc) is 3.22. The summed E-state index contributed by atoms with van der Waals surface area (Å²) in [5.41, 5.74) is 2.26. The molecule has 0 radical (unpaired) electrons. The minimum Gasteiger partial charge on any atom is -0.308 e. The Labute approximate surface area is 349 Å². The van der Waals surface area contributed by atoms with Crippen LogP contribution in [0.25, 0.3) is 21.5 Å². The normalized spacial score (nSPS) is 11.2. The molecule has 0 fully saturated rings. The molecule has 0 aromatic heterocycles. The van der Waals surface area contributed by atoms with Crippen LogP contribution in [0.15, 0.2) is 161 Å². The fourth-order valence-corrected chi connectivity index (χ4v) is 8.05. The van der Waals surface area contributed by atoms with Crippen LogP contribution in [0, 0.1) is 6.92 Å². The molecule has 0 bridgehead atoms. The monoisotopic (exact) mass is 856 g/mol. The summed E-state index contributed by atoms with van der Waals surface area (Å²) in [7, 11) is -8.75. The van der Waals surface area contributed by atoms with Gasteiger partial charge in [0.1, 0.15) is 0 Å². The van der Waals surface area contributed by atoms with E-state index in [1.165, 1.54) is 73.7 Å². The Bertz CT molecular complexity index is 2840. The molecule has 0 aliphatic heterocycles. The molecule has 8 N–H and O–H groups in total. The molecule has 8 amide bonds. The molecule has 0 heterocycles. The number of sulfonamides is 2. The first kappa shape index (κ1) is 41.2.